The highest BCUT2D eigenvalue weighted by Gasteiger charge is 2.31. The Morgan fingerprint density at radius 2 is 1.18 bits per heavy atom. The van der Waals surface area contributed by atoms with Gasteiger partial charge in [0.25, 0.3) is 0 Å². The van der Waals surface area contributed by atoms with Gasteiger partial charge in [0.2, 0.25) is 0 Å². The van der Waals surface area contributed by atoms with E-state index in [2.05, 4.69) is 72.1 Å². The molecule has 1 aliphatic carbocycles. The van der Waals surface area contributed by atoms with Gasteiger partial charge in [-0.1, -0.05) is 84.1 Å². The first kappa shape index (κ1) is 24.8. The third-order valence-electron chi connectivity index (χ3n) is 5.50. The molecular weight excluding hydrogens is 394 g/mol. The molecule has 2 rings (SSSR count). The zero-order valence-corrected chi connectivity index (χ0v) is 22.5. The molecule has 0 bridgehead atoms. The summed E-state index contributed by atoms with van der Waals surface area (Å²) in [4.78, 5) is 1.85. The van der Waals surface area contributed by atoms with E-state index in [0.717, 1.165) is 29.6 Å². The molecular formula is C25H46P2S. The molecule has 162 valence electrons. The van der Waals surface area contributed by atoms with Crippen molar-refractivity contribution in [1.82, 2.24) is 0 Å². The summed E-state index contributed by atoms with van der Waals surface area (Å²) in [6.45, 7) is 19.5. The van der Waals surface area contributed by atoms with E-state index in [9.17, 15) is 0 Å². The van der Waals surface area contributed by atoms with Crippen LogP contribution in [-0.2, 0) is 0 Å². The van der Waals surface area contributed by atoms with Gasteiger partial charge < -0.3 is 0 Å². The Morgan fingerprint density at radius 1 is 0.750 bits per heavy atom. The second kappa shape index (κ2) is 11.8. The summed E-state index contributed by atoms with van der Waals surface area (Å²) in [7, 11) is -0.0160. The average molecular weight is 441 g/mol. The van der Waals surface area contributed by atoms with Gasteiger partial charge in [-0.2, -0.15) is 0 Å². The monoisotopic (exact) mass is 440 g/mol. The topological polar surface area (TPSA) is 0 Å². The summed E-state index contributed by atoms with van der Waals surface area (Å²) in [5.74, 6) is 4.14. The van der Waals surface area contributed by atoms with Crippen LogP contribution in [0.5, 0.6) is 0 Å². The zero-order valence-electron chi connectivity index (χ0n) is 19.9. The summed E-state index contributed by atoms with van der Waals surface area (Å²) in [5, 5.41) is 6.45. The summed E-state index contributed by atoms with van der Waals surface area (Å²) >= 11 is 2.17. The van der Waals surface area contributed by atoms with Crippen molar-refractivity contribution < 1.29 is 0 Å². The molecule has 0 aliphatic heterocycles. The molecule has 0 spiro atoms. The predicted octanol–water partition coefficient (Wildman–Crippen LogP) is 8.24. The van der Waals surface area contributed by atoms with Crippen molar-refractivity contribution in [2.45, 2.75) is 87.0 Å². The molecule has 1 fully saturated rings. The van der Waals surface area contributed by atoms with Crippen LogP contribution in [0.25, 0.3) is 0 Å². The molecule has 0 N–H and O–H groups in total. The Kier molecular flexibility index (Phi) is 10.5. The SMILES string of the molecule is CC(C)CP(CC(C)C)c1csc(C2CCCC2)c1P(CC(C)C)CC(C)C. The molecule has 1 saturated carbocycles. The van der Waals surface area contributed by atoms with Gasteiger partial charge in [0.05, 0.1) is 0 Å². The van der Waals surface area contributed by atoms with Gasteiger partial charge in [-0.25, -0.2) is 0 Å². The highest BCUT2D eigenvalue weighted by molar-refractivity contribution is 7.72. The molecule has 28 heavy (non-hydrogen) atoms. The fraction of sp³-hybridized carbons (Fsp3) is 0.840. The van der Waals surface area contributed by atoms with E-state index in [1.54, 1.807) is 0 Å². The standard InChI is InChI=1S/C25H46P2S/c1-18(2)13-26(14-19(3)4)23-17-28-25(22-11-9-10-12-22)24(23)27(15-20(5)6)16-21(7)8/h17-22H,9-16H2,1-8H3. The van der Waals surface area contributed by atoms with Crippen molar-refractivity contribution in [3.63, 3.8) is 0 Å². The molecule has 0 saturated heterocycles. The molecule has 0 atom stereocenters. The van der Waals surface area contributed by atoms with Gasteiger partial charge in [-0.15, -0.1) is 11.3 Å². The maximum absolute atomic E-state index is 2.66. The van der Waals surface area contributed by atoms with Crippen LogP contribution in [-0.4, -0.2) is 24.6 Å². The third-order valence-corrected chi connectivity index (χ3v) is 14.0. The molecule has 3 heteroatoms. The van der Waals surface area contributed by atoms with Gasteiger partial charge in [0.15, 0.2) is 0 Å². The average Bonchev–Trinajstić information content (AvgIpc) is 3.21. The minimum atomic E-state index is -0.0111. The van der Waals surface area contributed by atoms with E-state index >= 15 is 0 Å². The Balaban J connectivity index is 2.50. The van der Waals surface area contributed by atoms with E-state index in [4.69, 9.17) is 0 Å². The van der Waals surface area contributed by atoms with Gasteiger partial charge >= 0.3 is 0 Å². The molecule has 0 aromatic carbocycles. The first-order chi connectivity index (χ1) is 13.2. The van der Waals surface area contributed by atoms with Crippen LogP contribution in [0, 0.1) is 23.7 Å². The molecule has 1 aromatic rings. The van der Waals surface area contributed by atoms with E-state index in [1.165, 1.54) is 50.3 Å². The Hall–Kier alpha value is 0.560. The quantitative estimate of drug-likeness (QED) is 0.304. The van der Waals surface area contributed by atoms with Crippen LogP contribution in [0.1, 0.15) is 91.9 Å². The second-order valence-corrected chi connectivity index (χ2v) is 16.2. The molecule has 0 radical (unpaired) electrons. The number of hydrogen-bond donors (Lipinski definition) is 0. The highest BCUT2D eigenvalue weighted by atomic mass is 32.1. The lowest BCUT2D eigenvalue weighted by Crippen LogP contribution is -2.28. The van der Waals surface area contributed by atoms with Crippen molar-refractivity contribution in [1.29, 1.82) is 0 Å². The first-order valence-corrected chi connectivity index (χ1v) is 16.1. The van der Waals surface area contributed by atoms with Crippen LogP contribution in [0.2, 0.25) is 0 Å². The lowest BCUT2D eigenvalue weighted by atomic mass is 10.1. The summed E-state index contributed by atoms with van der Waals surface area (Å²) in [5.41, 5.74) is 0. The van der Waals surface area contributed by atoms with Crippen molar-refractivity contribution in [2.24, 2.45) is 23.7 Å². The summed E-state index contributed by atoms with van der Waals surface area (Å²) in [6.07, 6.45) is 11.5. The smallest absolute Gasteiger partial charge is 0.0160 e. The number of rotatable bonds is 11. The lowest BCUT2D eigenvalue weighted by Gasteiger charge is -2.29. The molecule has 0 amide bonds. The normalized spacial score (nSPS) is 16.2. The Morgan fingerprint density at radius 3 is 1.61 bits per heavy atom. The van der Waals surface area contributed by atoms with Gasteiger partial charge in [-0.3, -0.25) is 0 Å². The fourth-order valence-corrected chi connectivity index (χ4v) is 13.9. The summed E-state index contributed by atoms with van der Waals surface area (Å²) < 4.78 is 0. The summed E-state index contributed by atoms with van der Waals surface area (Å²) in [6, 6.07) is 0. The lowest BCUT2D eigenvalue weighted by molar-refractivity contribution is 0.718. The van der Waals surface area contributed by atoms with Crippen molar-refractivity contribution in [3.05, 3.63) is 10.3 Å². The van der Waals surface area contributed by atoms with Gasteiger partial charge in [-0.05, 0) is 83.1 Å². The largest absolute Gasteiger partial charge is 0.147 e. The van der Waals surface area contributed by atoms with Crippen LogP contribution in [0.15, 0.2) is 5.38 Å². The van der Waals surface area contributed by atoms with E-state index in [1.807, 2.05) is 15.5 Å². The minimum Gasteiger partial charge on any atom is -0.147 e. The van der Waals surface area contributed by atoms with Crippen LogP contribution >= 0.6 is 27.2 Å². The minimum absolute atomic E-state index is 0.00483. The number of thiophene rings is 1. The first-order valence-electron chi connectivity index (χ1n) is 11.8. The van der Waals surface area contributed by atoms with Crippen LogP contribution in [0.3, 0.4) is 0 Å². The zero-order chi connectivity index (χ0) is 20.8. The van der Waals surface area contributed by atoms with Crippen molar-refractivity contribution in [3.8, 4) is 0 Å². The van der Waals surface area contributed by atoms with Crippen molar-refractivity contribution >= 4 is 37.8 Å². The Bertz CT molecular complexity index is 547. The van der Waals surface area contributed by atoms with E-state index < -0.39 is 0 Å². The van der Waals surface area contributed by atoms with Crippen LogP contribution < -0.4 is 10.6 Å². The van der Waals surface area contributed by atoms with E-state index in [0.29, 0.717) is 0 Å². The van der Waals surface area contributed by atoms with Crippen molar-refractivity contribution in [2.75, 3.05) is 24.6 Å². The van der Waals surface area contributed by atoms with E-state index in [-0.39, 0.29) is 15.8 Å². The molecule has 0 unspecified atom stereocenters. The molecule has 1 heterocycles. The third kappa shape index (κ3) is 7.36. The molecule has 0 nitrogen and oxygen atoms in total. The molecule has 1 aliphatic rings. The van der Waals surface area contributed by atoms with Gasteiger partial charge in [0, 0.05) is 4.88 Å². The number of hydrogen-bond acceptors (Lipinski definition) is 1. The Labute approximate surface area is 183 Å². The predicted molar refractivity (Wildman–Crippen MR) is 137 cm³/mol. The highest BCUT2D eigenvalue weighted by Crippen LogP contribution is 2.49. The van der Waals surface area contributed by atoms with Gasteiger partial charge in [0.1, 0.15) is 0 Å². The second-order valence-electron chi connectivity index (χ2n) is 10.7. The fourth-order valence-electron chi connectivity index (χ4n) is 4.67. The maximum Gasteiger partial charge on any atom is 0.0160 e. The molecule has 1 aromatic heterocycles. The van der Waals surface area contributed by atoms with Crippen LogP contribution in [0.4, 0.5) is 0 Å². The maximum atomic E-state index is 2.66.